The van der Waals surface area contributed by atoms with Crippen LogP contribution in [0.2, 0.25) is 0 Å². The third-order valence-corrected chi connectivity index (χ3v) is 3.96. The number of ether oxygens (including phenoxy) is 1. The summed E-state index contributed by atoms with van der Waals surface area (Å²) in [6.07, 6.45) is 0.339. The van der Waals surface area contributed by atoms with Crippen molar-refractivity contribution in [1.82, 2.24) is 5.32 Å². The predicted octanol–water partition coefficient (Wildman–Crippen LogP) is 3.29. The molecule has 1 unspecified atom stereocenters. The summed E-state index contributed by atoms with van der Waals surface area (Å²) in [6, 6.07) is 9.78. The molecule has 0 aliphatic carbocycles. The van der Waals surface area contributed by atoms with Crippen LogP contribution in [0, 0.1) is 6.92 Å². The Hall–Kier alpha value is -1.76. The number of rotatable bonds is 2. The van der Waals surface area contributed by atoms with Crippen LogP contribution in [-0.4, -0.2) is 35.4 Å². The first-order valence-electron chi connectivity index (χ1n) is 7.53. The van der Waals surface area contributed by atoms with Crippen LogP contribution in [0.1, 0.15) is 31.2 Å². The minimum atomic E-state index is -5.08. The number of nitrogens with one attached hydrogen (secondary N) is 1. The van der Waals surface area contributed by atoms with E-state index in [2.05, 4.69) is 36.5 Å². The molecule has 3 atom stereocenters. The maximum atomic E-state index is 10.6. The van der Waals surface area contributed by atoms with Crippen LogP contribution in [0.4, 0.5) is 13.2 Å². The third kappa shape index (κ3) is 5.42. The summed E-state index contributed by atoms with van der Waals surface area (Å²) in [4.78, 5) is 8.90. The predicted molar refractivity (Wildman–Crippen MR) is 78.5 cm³/mol. The summed E-state index contributed by atoms with van der Waals surface area (Å²) in [5, 5.41) is 10.8. The standard InChI is InChI=1S/C14H19NO.C2HF3O2/c1-10-3-2-4-13(7-10)16-14-8-11-5-6-12(9-14)15-11;3-2(4,5)1(6)7/h2-4,7,11-12,14-15H,5-6,8-9H2,1H3;(H,6,7)/t11-,12+,14?;. The molecule has 2 heterocycles. The fourth-order valence-electron chi connectivity index (χ4n) is 2.98. The molecule has 4 nitrogen and oxygen atoms in total. The summed E-state index contributed by atoms with van der Waals surface area (Å²) in [6.45, 7) is 2.11. The molecule has 23 heavy (non-hydrogen) atoms. The second-order valence-corrected chi connectivity index (χ2v) is 5.97. The molecule has 1 aromatic rings. The number of carboxylic acids is 1. The maximum Gasteiger partial charge on any atom is 0.490 e. The number of aliphatic carboxylic acids is 1. The highest BCUT2D eigenvalue weighted by Gasteiger charge is 2.38. The summed E-state index contributed by atoms with van der Waals surface area (Å²) in [5.74, 6) is -1.72. The van der Waals surface area contributed by atoms with Crippen molar-refractivity contribution >= 4 is 5.97 Å². The molecule has 7 heteroatoms. The first-order valence-corrected chi connectivity index (χ1v) is 7.53. The molecule has 2 bridgehead atoms. The van der Waals surface area contributed by atoms with E-state index in [4.69, 9.17) is 14.6 Å². The van der Waals surface area contributed by atoms with E-state index in [-0.39, 0.29) is 0 Å². The lowest BCUT2D eigenvalue weighted by molar-refractivity contribution is -0.192. The second-order valence-electron chi connectivity index (χ2n) is 5.97. The van der Waals surface area contributed by atoms with Gasteiger partial charge in [0.15, 0.2) is 0 Å². The van der Waals surface area contributed by atoms with Gasteiger partial charge in [-0.2, -0.15) is 13.2 Å². The minimum Gasteiger partial charge on any atom is -0.490 e. The molecule has 2 fully saturated rings. The molecule has 128 valence electrons. The Labute approximate surface area is 132 Å². The van der Waals surface area contributed by atoms with Gasteiger partial charge in [0.2, 0.25) is 0 Å². The van der Waals surface area contributed by atoms with Gasteiger partial charge < -0.3 is 15.2 Å². The van der Waals surface area contributed by atoms with Crippen molar-refractivity contribution in [2.24, 2.45) is 0 Å². The number of hydrogen-bond acceptors (Lipinski definition) is 3. The second kappa shape index (κ2) is 7.21. The lowest BCUT2D eigenvalue weighted by atomic mass is 10.0. The van der Waals surface area contributed by atoms with Crippen molar-refractivity contribution in [3.63, 3.8) is 0 Å². The van der Waals surface area contributed by atoms with Gasteiger partial charge in [-0.25, -0.2) is 4.79 Å². The molecule has 2 N–H and O–H groups in total. The number of hydrogen-bond donors (Lipinski definition) is 2. The number of alkyl halides is 3. The first-order chi connectivity index (χ1) is 10.7. The van der Waals surface area contributed by atoms with Crippen molar-refractivity contribution in [3.8, 4) is 5.75 Å². The van der Waals surface area contributed by atoms with Gasteiger partial charge in [-0.05, 0) is 50.3 Å². The number of benzene rings is 1. The molecule has 2 saturated heterocycles. The zero-order valence-corrected chi connectivity index (χ0v) is 12.8. The average molecular weight is 331 g/mol. The average Bonchev–Trinajstić information content (AvgIpc) is 2.77. The van der Waals surface area contributed by atoms with Gasteiger partial charge in [-0.3, -0.25) is 0 Å². The Bertz CT molecular complexity index is 536. The SMILES string of the molecule is Cc1cccc(OC2C[C@H]3CC[C@@H](C2)N3)c1.O=C(O)C(F)(F)F. The van der Waals surface area contributed by atoms with Gasteiger partial charge in [-0.1, -0.05) is 12.1 Å². The van der Waals surface area contributed by atoms with Crippen LogP contribution in [0.25, 0.3) is 0 Å². The lowest BCUT2D eigenvalue weighted by Gasteiger charge is -2.29. The van der Waals surface area contributed by atoms with Crippen molar-refractivity contribution in [2.75, 3.05) is 0 Å². The summed E-state index contributed by atoms with van der Waals surface area (Å²) in [5.41, 5.74) is 1.27. The van der Waals surface area contributed by atoms with E-state index in [0.29, 0.717) is 18.2 Å². The third-order valence-electron chi connectivity index (χ3n) is 3.96. The zero-order valence-electron chi connectivity index (χ0n) is 12.8. The fraction of sp³-hybridized carbons (Fsp3) is 0.562. The topological polar surface area (TPSA) is 58.6 Å². The Balaban J connectivity index is 0.000000236. The summed E-state index contributed by atoms with van der Waals surface area (Å²) < 4.78 is 37.8. The van der Waals surface area contributed by atoms with Gasteiger partial charge in [0.05, 0.1) is 0 Å². The van der Waals surface area contributed by atoms with Gasteiger partial charge in [0, 0.05) is 12.1 Å². The molecule has 2 aliphatic heterocycles. The lowest BCUT2D eigenvalue weighted by Crippen LogP contribution is -2.42. The Morgan fingerprint density at radius 1 is 1.26 bits per heavy atom. The number of aryl methyl sites for hydroxylation is 1. The van der Waals surface area contributed by atoms with Crippen LogP contribution in [0.5, 0.6) is 5.75 Å². The van der Waals surface area contributed by atoms with Gasteiger partial charge in [-0.15, -0.1) is 0 Å². The van der Waals surface area contributed by atoms with Crippen molar-refractivity contribution in [1.29, 1.82) is 0 Å². The normalized spacial score (nSPS) is 26.2. The largest absolute Gasteiger partial charge is 0.490 e. The fourth-order valence-corrected chi connectivity index (χ4v) is 2.98. The molecule has 0 aromatic heterocycles. The molecular formula is C16H20F3NO3. The van der Waals surface area contributed by atoms with E-state index < -0.39 is 12.1 Å². The van der Waals surface area contributed by atoms with Gasteiger partial charge >= 0.3 is 12.1 Å². The highest BCUT2D eigenvalue weighted by atomic mass is 19.4. The Morgan fingerprint density at radius 3 is 2.30 bits per heavy atom. The number of carboxylic acid groups (broad SMARTS) is 1. The maximum absolute atomic E-state index is 10.6. The van der Waals surface area contributed by atoms with E-state index in [1.807, 2.05) is 0 Å². The van der Waals surface area contributed by atoms with Crippen molar-refractivity contribution < 1.29 is 27.8 Å². The Kier molecular flexibility index (Phi) is 5.51. The highest BCUT2D eigenvalue weighted by Crippen LogP contribution is 2.29. The molecule has 3 rings (SSSR count). The van der Waals surface area contributed by atoms with Crippen molar-refractivity contribution in [3.05, 3.63) is 29.8 Å². The van der Waals surface area contributed by atoms with Crippen LogP contribution < -0.4 is 10.1 Å². The van der Waals surface area contributed by atoms with E-state index in [1.165, 1.54) is 31.2 Å². The highest BCUT2D eigenvalue weighted by molar-refractivity contribution is 5.73. The molecular weight excluding hydrogens is 311 g/mol. The van der Waals surface area contributed by atoms with E-state index in [0.717, 1.165) is 5.75 Å². The molecule has 0 spiro atoms. The molecule has 1 aromatic carbocycles. The molecule has 0 amide bonds. The Morgan fingerprint density at radius 2 is 1.83 bits per heavy atom. The summed E-state index contributed by atoms with van der Waals surface area (Å²) in [7, 11) is 0. The van der Waals surface area contributed by atoms with Gasteiger partial charge in [0.25, 0.3) is 0 Å². The zero-order chi connectivity index (χ0) is 17.0. The molecule has 0 radical (unpaired) electrons. The smallest absolute Gasteiger partial charge is 0.490 e. The quantitative estimate of drug-likeness (QED) is 0.873. The van der Waals surface area contributed by atoms with E-state index >= 15 is 0 Å². The molecule has 0 saturated carbocycles. The molecule has 2 aliphatic rings. The number of halogens is 3. The van der Waals surface area contributed by atoms with E-state index in [9.17, 15) is 13.2 Å². The van der Waals surface area contributed by atoms with Gasteiger partial charge in [0.1, 0.15) is 11.9 Å². The van der Waals surface area contributed by atoms with Crippen LogP contribution in [0.3, 0.4) is 0 Å². The van der Waals surface area contributed by atoms with Crippen molar-refractivity contribution in [2.45, 2.75) is 57.0 Å². The first kappa shape index (κ1) is 17.6. The van der Waals surface area contributed by atoms with E-state index in [1.54, 1.807) is 0 Å². The minimum absolute atomic E-state index is 0.417. The van der Waals surface area contributed by atoms with Crippen LogP contribution in [0.15, 0.2) is 24.3 Å². The van der Waals surface area contributed by atoms with Crippen LogP contribution in [-0.2, 0) is 4.79 Å². The number of piperidine rings is 1. The number of carbonyl (C=O) groups is 1. The number of fused-ring (bicyclic) bond motifs is 2. The van der Waals surface area contributed by atoms with Crippen LogP contribution >= 0.6 is 0 Å². The monoisotopic (exact) mass is 331 g/mol. The summed E-state index contributed by atoms with van der Waals surface area (Å²) >= 11 is 0.